The van der Waals surface area contributed by atoms with Crippen LogP contribution in [-0.4, -0.2) is 29.2 Å². The lowest BCUT2D eigenvalue weighted by molar-refractivity contribution is 0.123. The van der Waals surface area contributed by atoms with E-state index >= 15 is 0 Å². The quantitative estimate of drug-likeness (QED) is 0.907. The van der Waals surface area contributed by atoms with Crippen molar-refractivity contribution in [2.45, 2.75) is 25.5 Å². The Morgan fingerprint density at radius 3 is 2.89 bits per heavy atom. The number of fused-ring (bicyclic) bond motifs is 1. The fourth-order valence-electron chi connectivity index (χ4n) is 3.35. The maximum atomic E-state index is 13.0. The molecule has 3 unspecified atom stereocenters. The molecule has 0 bridgehead atoms. The number of likely N-dealkylation sites (tertiary alicyclic amines) is 1. The van der Waals surface area contributed by atoms with Crippen molar-refractivity contribution in [2.75, 3.05) is 13.1 Å². The van der Waals surface area contributed by atoms with Crippen LogP contribution in [0.15, 0.2) is 22.7 Å². The minimum absolute atomic E-state index is 0.114. The van der Waals surface area contributed by atoms with Gasteiger partial charge in [0.2, 0.25) is 0 Å². The molecule has 0 aromatic heterocycles. The maximum Gasteiger partial charge on any atom is 0.124 e. The second-order valence-electron chi connectivity index (χ2n) is 5.50. The number of hydrogen-bond donors (Lipinski definition) is 1. The molecule has 2 fully saturated rings. The summed E-state index contributed by atoms with van der Waals surface area (Å²) in [6.45, 7) is 2.86. The summed E-state index contributed by atoms with van der Waals surface area (Å²) in [4.78, 5) is 2.37. The number of hydrogen-bond acceptors (Lipinski definition) is 2. The molecule has 2 nitrogen and oxygen atoms in total. The molecular formula is C14H17BrFNO. The highest BCUT2D eigenvalue weighted by Gasteiger charge is 2.41. The predicted octanol–water partition coefficient (Wildman–Crippen LogP) is 2.79. The number of benzene rings is 1. The van der Waals surface area contributed by atoms with E-state index in [1.54, 1.807) is 0 Å². The first-order chi connectivity index (χ1) is 8.63. The van der Waals surface area contributed by atoms with E-state index in [-0.39, 0.29) is 11.9 Å². The number of nitrogens with zero attached hydrogens (tertiary/aromatic N) is 1. The van der Waals surface area contributed by atoms with Crippen LogP contribution in [0.3, 0.4) is 0 Å². The summed E-state index contributed by atoms with van der Waals surface area (Å²) in [7, 11) is 0. The highest BCUT2D eigenvalue weighted by molar-refractivity contribution is 9.10. The Morgan fingerprint density at radius 2 is 2.17 bits per heavy atom. The van der Waals surface area contributed by atoms with Gasteiger partial charge in [0.05, 0.1) is 6.10 Å². The zero-order valence-electron chi connectivity index (χ0n) is 10.1. The molecule has 1 heterocycles. The van der Waals surface area contributed by atoms with Crippen LogP contribution in [0.25, 0.3) is 0 Å². The Bertz CT molecular complexity index is 453. The second-order valence-corrected chi connectivity index (χ2v) is 6.35. The van der Waals surface area contributed by atoms with Crippen LogP contribution >= 0.6 is 15.9 Å². The lowest BCUT2D eigenvalue weighted by Gasteiger charge is -2.18. The van der Waals surface area contributed by atoms with Crippen molar-refractivity contribution in [2.24, 2.45) is 11.8 Å². The minimum atomic E-state index is -0.209. The first kappa shape index (κ1) is 12.6. The lowest BCUT2D eigenvalue weighted by Crippen LogP contribution is -2.24. The SMILES string of the molecule is OC1CCC2CN(Cc3ccc(F)cc3Br)CC12. The van der Waals surface area contributed by atoms with Crippen LogP contribution in [-0.2, 0) is 6.54 Å². The molecule has 1 N–H and O–H groups in total. The van der Waals surface area contributed by atoms with Crippen LogP contribution in [0.5, 0.6) is 0 Å². The summed E-state index contributed by atoms with van der Waals surface area (Å²) in [5, 5.41) is 9.89. The van der Waals surface area contributed by atoms with Gasteiger partial charge in [-0.2, -0.15) is 0 Å². The Kier molecular flexibility index (Phi) is 3.43. The fourth-order valence-corrected chi connectivity index (χ4v) is 3.83. The summed E-state index contributed by atoms with van der Waals surface area (Å²) in [6, 6.07) is 4.86. The first-order valence-electron chi connectivity index (χ1n) is 6.48. The smallest absolute Gasteiger partial charge is 0.124 e. The molecule has 1 aliphatic heterocycles. The molecule has 1 aromatic rings. The van der Waals surface area contributed by atoms with Gasteiger partial charge in [0.1, 0.15) is 5.82 Å². The van der Waals surface area contributed by atoms with Crippen molar-refractivity contribution < 1.29 is 9.50 Å². The lowest BCUT2D eigenvalue weighted by atomic mass is 10.00. The normalized spacial score (nSPS) is 31.8. The monoisotopic (exact) mass is 313 g/mol. The highest BCUT2D eigenvalue weighted by Crippen LogP contribution is 2.38. The number of aliphatic hydroxyl groups excluding tert-OH is 1. The van der Waals surface area contributed by atoms with Gasteiger partial charge in [0.25, 0.3) is 0 Å². The van der Waals surface area contributed by atoms with Gasteiger partial charge in [-0.15, -0.1) is 0 Å². The predicted molar refractivity (Wildman–Crippen MR) is 71.6 cm³/mol. The summed E-state index contributed by atoms with van der Waals surface area (Å²) in [5.41, 5.74) is 1.12. The Morgan fingerprint density at radius 1 is 1.33 bits per heavy atom. The summed E-state index contributed by atoms with van der Waals surface area (Å²) in [6.07, 6.45) is 1.99. The fraction of sp³-hybridized carbons (Fsp3) is 0.571. The molecule has 1 aliphatic carbocycles. The molecule has 4 heteroatoms. The molecular weight excluding hydrogens is 297 g/mol. The van der Waals surface area contributed by atoms with Crippen LogP contribution in [0.4, 0.5) is 4.39 Å². The molecule has 1 aromatic carbocycles. The van der Waals surface area contributed by atoms with E-state index in [0.717, 1.165) is 42.5 Å². The summed E-state index contributed by atoms with van der Waals surface area (Å²) < 4.78 is 13.9. The minimum Gasteiger partial charge on any atom is -0.393 e. The molecule has 18 heavy (non-hydrogen) atoms. The van der Waals surface area contributed by atoms with Crippen molar-refractivity contribution >= 4 is 15.9 Å². The third kappa shape index (κ3) is 2.33. The van der Waals surface area contributed by atoms with Crippen molar-refractivity contribution in [1.82, 2.24) is 4.90 Å². The Balaban J connectivity index is 1.68. The van der Waals surface area contributed by atoms with Crippen molar-refractivity contribution in [3.05, 3.63) is 34.1 Å². The van der Waals surface area contributed by atoms with Gasteiger partial charge in [-0.1, -0.05) is 22.0 Å². The standard InChI is InChI=1S/C14H17BrFNO/c15-13-5-11(16)3-1-10(13)7-17-6-9-2-4-14(18)12(9)8-17/h1,3,5,9,12,14,18H,2,4,6-8H2. The van der Waals surface area contributed by atoms with E-state index in [2.05, 4.69) is 20.8 Å². The zero-order valence-corrected chi connectivity index (χ0v) is 11.7. The first-order valence-corrected chi connectivity index (χ1v) is 7.27. The van der Waals surface area contributed by atoms with Gasteiger partial charge in [-0.3, -0.25) is 4.90 Å². The number of aliphatic hydroxyl groups is 1. The van der Waals surface area contributed by atoms with E-state index in [1.165, 1.54) is 12.1 Å². The average molecular weight is 314 g/mol. The third-order valence-corrected chi connectivity index (χ3v) is 5.04. The van der Waals surface area contributed by atoms with Crippen molar-refractivity contribution in [3.63, 3.8) is 0 Å². The number of rotatable bonds is 2. The van der Waals surface area contributed by atoms with Crippen LogP contribution in [0.2, 0.25) is 0 Å². The van der Waals surface area contributed by atoms with Gasteiger partial charge in [-0.05, 0) is 36.5 Å². The molecule has 3 atom stereocenters. The largest absolute Gasteiger partial charge is 0.393 e. The molecule has 3 rings (SSSR count). The van der Waals surface area contributed by atoms with E-state index < -0.39 is 0 Å². The molecule has 0 radical (unpaired) electrons. The Hall–Kier alpha value is -0.450. The zero-order chi connectivity index (χ0) is 12.7. The van der Waals surface area contributed by atoms with Gasteiger partial charge < -0.3 is 5.11 Å². The van der Waals surface area contributed by atoms with Gasteiger partial charge in [0, 0.05) is 30.0 Å². The van der Waals surface area contributed by atoms with E-state index in [9.17, 15) is 9.50 Å². The van der Waals surface area contributed by atoms with E-state index in [4.69, 9.17) is 0 Å². The third-order valence-electron chi connectivity index (χ3n) is 4.30. The summed E-state index contributed by atoms with van der Waals surface area (Å²) >= 11 is 3.41. The van der Waals surface area contributed by atoms with Crippen molar-refractivity contribution in [1.29, 1.82) is 0 Å². The number of halogens is 2. The average Bonchev–Trinajstić information content (AvgIpc) is 2.86. The molecule has 98 valence electrons. The van der Waals surface area contributed by atoms with Crippen LogP contribution < -0.4 is 0 Å². The molecule has 0 spiro atoms. The molecule has 1 saturated heterocycles. The topological polar surface area (TPSA) is 23.5 Å². The highest BCUT2D eigenvalue weighted by atomic mass is 79.9. The van der Waals surface area contributed by atoms with E-state index in [1.807, 2.05) is 6.07 Å². The molecule has 2 aliphatic rings. The maximum absolute atomic E-state index is 13.0. The molecule has 0 amide bonds. The van der Waals surface area contributed by atoms with Gasteiger partial charge >= 0.3 is 0 Å². The van der Waals surface area contributed by atoms with Gasteiger partial charge in [-0.25, -0.2) is 4.39 Å². The van der Waals surface area contributed by atoms with Gasteiger partial charge in [0.15, 0.2) is 0 Å². The Labute approximate surface area is 115 Å². The van der Waals surface area contributed by atoms with Crippen LogP contribution in [0, 0.1) is 17.7 Å². The van der Waals surface area contributed by atoms with Crippen LogP contribution in [0.1, 0.15) is 18.4 Å². The van der Waals surface area contributed by atoms with Crippen molar-refractivity contribution in [3.8, 4) is 0 Å². The molecule has 1 saturated carbocycles. The summed E-state index contributed by atoms with van der Waals surface area (Å²) in [5.74, 6) is 0.891. The second kappa shape index (κ2) is 4.91. The van der Waals surface area contributed by atoms with E-state index in [0.29, 0.717) is 11.8 Å².